The van der Waals surface area contributed by atoms with E-state index in [0.717, 1.165) is 12.1 Å². The first-order valence-corrected chi connectivity index (χ1v) is 5.91. The number of halogens is 2. The van der Waals surface area contributed by atoms with E-state index in [4.69, 9.17) is 16.3 Å². The third-order valence-corrected chi connectivity index (χ3v) is 3.15. The van der Waals surface area contributed by atoms with Crippen LogP contribution in [0.25, 0.3) is 0 Å². The van der Waals surface area contributed by atoms with Gasteiger partial charge in [0.2, 0.25) is 0 Å². The summed E-state index contributed by atoms with van der Waals surface area (Å²) in [7, 11) is 0. The van der Waals surface area contributed by atoms with E-state index in [1.54, 1.807) is 0 Å². The van der Waals surface area contributed by atoms with Crippen LogP contribution in [0.2, 0.25) is 5.02 Å². The van der Waals surface area contributed by atoms with Gasteiger partial charge < -0.3 is 15.2 Å². The Kier molecular flexibility index (Phi) is 3.85. The van der Waals surface area contributed by atoms with E-state index < -0.39 is 17.3 Å². The Hall–Kier alpha value is -1.17. The maximum Gasteiger partial charge on any atom is 0.252 e. The molecule has 0 spiro atoms. The third-order valence-electron chi connectivity index (χ3n) is 2.84. The minimum atomic E-state index is -1.03. The number of ether oxygens (including phenoxy) is 1. The van der Waals surface area contributed by atoms with Crippen molar-refractivity contribution in [2.75, 3.05) is 19.8 Å². The van der Waals surface area contributed by atoms with Gasteiger partial charge in [-0.05, 0) is 18.2 Å². The highest BCUT2D eigenvalue weighted by Gasteiger charge is 2.32. The predicted octanol–water partition coefficient (Wildman–Crippen LogP) is 1.36. The monoisotopic (exact) mass is 273 g/mol. The van der Waals surface area contributed by atoms with Crippen LogP contribution >= 0.6 is 11.6 Å². The molecule has 0 bridgehead atoms. The number of carbonyl (C=O) groups is 1. The van der Waals surface area contributed by atoms with Crippen LogP contribution in [0.3, 0.4) is 0 Å². The molecule has 1 amide bonds. The summed E-state index contributed by atoms with van der Waals surface area (Å²) in [5, 5.41) is 12.6. The van der Waals surface area contributed by atoms with E-state index in [1.165, 1.54) is 6.07 Å². The highest BCUT2D eigenvalue weighted by atomic mass is 35.5. The highest BCUT2D eigenvalue weighted by molar-refractivity contribution is 6.33. The van der Waals surface area contributed by atoms with Gasteiger partial charge in [0, 0.05) is 19.6 Å². The van der Waals surface area contributed by atoms with Crippen LogP contribution in [0.15, 0.2) is 18.2 Å². The molecular weight excluding hydrogens is 261 g/mol. The van der Waals surface area contributed by atoms with Crippen molar-refractivity contribution >= 4 is 17.5 Å². The minimum Gasteiger partial charge on any atom is -0.386 e. The number of benzene rings is 1. The second-order valence-electron chi connectivity index (χ2n) is 4.33. The zero-order valence-electron chi connectivity index (χ0n) is 9.58. The molecule has 0 aliphatic carbocycles. The first-order valence-electron chi connectivity index (χ1n) is 5.54. The van der Waals surface area contributed by atoms with Gasteiger partial charge in [-0.15, -0.1) is 0 Å². The Balaban J connectivity index is 1.99. The highest BCUT2D eigenvalue weighted by Crippen LogP contribution is 2.19. The third kappa shape index (κ3) is 2.98. The Morgan fingerprint density at radius 3 is 3.00 bits per heavy atom. The Bertz CT molecular complexity index is 461. The average molecular weight is 274 g/mol. The van der Waals surface area contributed by atoms with Crippen molar-refractivity contribution in [3.63, 3.8) is 0 Å². The fourth-order valence-electron chi connectivity index (χ4n) is 1.75. The topological polar surface area (TPSA) is 58.6 Å². The van der Waals surface area contributed by atoms with Crippen molar-refractivity contribution in [1.82, 2.24) is 5.32 Å². The van der Waals surface area contributed by atoms with Crippen molar-refractivity contribution in [3.05, 3.63) is 34.6 Å². The van der Waals surface area contributed by atoms with Crippen molar-refractivity contribution in [1.29, 1.82) is 0 Å². The van der Waals surface area contributed by atoms with Gasteiger partial charge in [0.15, 0.2) is 0 Å². The zero-order chi connectivity index (χ0) is 13.2. The first-order chi connectivity index (χ1) is 8.50. The maximum atomic E-state index is 12.8. The molecule has 1 heterocycles. The van der Waals surface area contributed by atoms with E-state index in [2.05, 4.69) is 5.32 Å². The lowest BCUT2D eigenvalue weighted by Crippen LogP contribution is -2.43. The van der Waals surface area contributed by atoms with Gasteiger partial charge in [0.05, 0.1) is 17.2 Å². The molecule has 1 unspecified atom stereocenters. The molecule has 98 valence electrons. The summed E-state index contributed by atoms with van der Waals surface area (Å²) >= 11 is 5.77. The number of hydrogen-bond donors (Lipinski definition) is 2. The molecule has 0 saturated carbocycles. The minimum absolute atomic E-state index is 0.0437. The fourth-order valence-corrected chi connectivity index (χ4v) is 2.00. The van der Waals surface area contributed by atoms with Gasteiger partial charge in [-0.1, -0.05) is 11.6 Å². The molecule has 0 aromatic heterocycles. The smallest absolute Gasteiger partial charge is 0.252 e. The Labute approximate surface area is 109 Å². The summed E-state index contributed by atoms with van der Waals surface area (Å²) in [5.74, 6) is -0.945. The summed E-state index contributed by atoms with van der Waals surface area (Å²) < 4.78 is 17.9. The van der Waals surface area contributed by atoms with Crippen LogP contribution in [0, 0.1) is 5.82 Å². The summed E-state index contributed by atoms with van der Waals surface area (Å²) in [4.78, 5) is 11.8. The number of amides is 1. The second kappa shape index (κ2) is 5.22. The van der Waals surface area contributed by atoms with Crippen molar-refractivity contribution in [2.45, 2.75) is 12.0 Å². The van der Waals surface area contributed by atoms with Gasteiger partial charge in [-0.2, -0.15) is 0 Å². The standard InChI is InChI=1S/C12H13ClFNO3/c13-10-5-8(14)1-2-9(10)11(16)15-6-12(17)3-4-18-7-12/h1-2,5,17H,3-4,6-7H2,(H,15,16). The molecule has 1 fully saturated rings. The molecule has 4 nitrogen and oxygen atoms in total. The molecule has 1 aliphatic rings. The van der Waals surface area contributed by atoms with Crippen LogP contribution in [0.4, 0.5) is 4.39 Å². The van der Waals surface area contributed by atoms with E-state index in [0.29, 0.717) is 13.0 Å². The molecule has 0 radical (unpaired) electrons. The summed E-state index contributed by atoms with van der Waals surface area (Å²) in [6.07, 6.45) is 0.477. The quantitative estimate of drug-likeness (QED) is 0.874. The van der Waals surface area contributed by atoms with E-state index in [-0.39, 0.29) is 23.7 Å². The van der Waals surface area contributed by atoms with Gasteiger partial charge in [-0.25, -0.2) is 4.39 Å². The number of nitrogens with one attached hydrogen (secondary N) is 1. The van der Waals surface area contributed by atoms with E-state index >= 15 is 0 Å². The van der Waals surface area contributed by atoms with Gasteiger partial charge in [0.1, 0.15) is 11.4 Å². The lowest BCUT2D eigenvalue weighted by Gasteiger charge is -2.20. The number of rotatable bonds is 3. The van der Waals surface area contributed by atoms with Gasteiger partial charge in [-0.3, -0.25) is 4.79 Å². The first kappa shape index (κ1) is 13.3. The summed E-state index contributed by atoms with van der Waals surface area (Å²) in [6.45, 7) is 0.758. The molecule has 1 aromatic rings. The maximum absolute atomic E-state index is 12.8. The van der Waals surface area contributed by atoms with Gasteiger partial charge in [0.25, 0.3) is 5.91 Å². The largest absolute Gasteiger partial charge is 0.386 e. The van der Waals surface area contributed by atoms with Crippen LogP contribution in [-0.4, -0.2) is 36.4 Å². The molecule has 1 atom stereocenters. The van der Waals surface area contributed by atoms with Crippen LogP contribution in [-0.2, 0) is 4.74 Å². The van der Waals surface area contributed by atoms with Crippen LogP contribution in [0.5, 0.6) is 0 Å². The average Bonchev–Trinajstić information content (AvgIpc) is 2.74. The van der Waals surface area contributed by atoms with Crippen molar-refractivity contribution < 1.29 is 19.0 Å². The van der Waals surface area contributed by atoms with Crippen LogP contribution in [0.1, 0.15) is 16.8 Å². The lowest BCUT2D eigenvalue weighted by molar-refractivity contribution is 0.0264. The molecule has 18 heavy (non-hydrogen) atoms. The Morgan fingerprint density at radius 1 is 1.61 bits per heavy atom. The molecule has 2 rings (SSSR count). The molecule has 2 N–H and O–H groups in total. The molecule has 6 heteroatoms. The SMILES string of the molecule is O=C(NCC1(O)CCOC1)c1ccc(F)cc1Cl. The number of carbonyl (C=O) groups excluding carboxylic acids is 1. The van der Waals surface area contributed by atoms with E-state index in [1.807, 2.05) is 0 Å². The summed E-state index contributed by atoms with van der Waals surface area (Å²) in [5.41, 5.74) is -0.845. The molecule has 1 aliphatic heterocycles. The second-order valence-corrected chi connectivity index (χ2v) is 4.74. The number of hydrogen-bond acceptors (Lipinski definition) is 3. The summed E-state index contributed by atoms with van der Waals surface area (Å²) in [6, 6.07) is 3.54. The zero-order valence-corrected chi connectivity index (χ0v) is 10.3. The molecule has 1 saturated heterocycles. The van der Waals surface area contributed by atoms with Crippen molar-refractivity contribution in [3.8, 4) is 0 Å². The van der Waals surface area contributed by atoms with Gasteiger partial charge >= 0.3 is 0 Å². The Morgan fingerprint density at radius 2 is 2.39 bits per heavy atom. The lowest BCUT2D eigenvalue weighted by atomic mass is 10.0. The molecular formula is C12H13ClFNO3. The normalized spacial score (nSPS) is 23.1. The van der Waals surface area contributed by atoms with Crippen LogP contribution < -0.4 is 5.32 Å². The fraction of sp³-hybridized carbons (Fsp3) is 0.417. The predicted molar refractivity (Wildman–Crippen MR) is 64.1 cm³/mol. The molecule has 1 aromatic carbocycles. The number of aliphatic hydroxyl groups is 1. The van der Waals surface area contributed by atoms with E-state index in [9.17, 15) is 14.3 Å². The van der Waals surface area contributed by atoms with Crippen molar-refractivity contribution in [2.24, 2.45) is 0 Å².